The fourth-order valence-electron chi connectivity index (χ4n) is 3.83. The van der Waals surface area contributed by atoms with E-state index in [0.717, 1.165) is 16.7 Å². The number of phenolic OH excluding ortho intramolecular Hbond substituents is 1. The normalized spacial score (nSPS) is 12.0. The summed E-state index contributed by atoms with van der Waals surface area (Å²) in [7, 11) is 0. The van der Waals surface area contributed by atoms with Crippen molar-refractivity contribution in [1.82, 2.24) is 19.5 Å². The first-order valence-corrected chi connectivity index (χ1v) is 10.5. The van der Waals surface area contributed by atoms with Crippen molar-refractivity contribution >= 4 is 22.0 Å². The Balaban J connectivity index is 1.60. The van der Waals surface area contributed by atoms with E-state index in [4.69, 9.17) is 8.83 Å². The zero-order valence-corrected chi connectivity index (χ0v) is 18.0. The molecule has 0 amide bonds. The third-order valence-corrected chi connectivity index (χ3v) is 5.51. The van der Waals surface area contributed by atoms with Crippen LogP contribution in [-0.4, -0.2) is 24.6 Å². The number of phenols is 1. The van der Waals surface area contributed by atoms with Gasteiger partial charge in [0, 0.05) is 29.4 Å². The van der Waals surface area contributed by atoms with Gasteiger partial charge in [-0.05, 0) is 36.4 Å². The van der Waals surface area contributed by atoms with Crippen molar-refractivity contribution in [2.75, 3.05) is 0 Å². The van der Waals surface area contributed by atoms with E-state index < -0.39 is 17.3 Å². The van der Waals surface area contributed by atoms with E-state index in [1.54, 1.807) is 18.2 Å². The summed E-state index contributed by atoms with van der Waals surface area (Å²) in [5.74, 6) is -0.441. The van der Waals surface area contributed by atoms with E-state index in [9.17, 15) is 23.1 Å². The van der Waals surface area contributed by atoms with Crippen molar-refractivity contribution in [1.29, 1.82) is 0 Å². The van der Waals surface area contributed by atoms with E-state index in [0.29, 0.717) is 16.5 Å². The number of hydrogen-bond acceptors (Lipinski definition) is 7. The number of rotatable bonds is 3. The number of aromatic nitrogens is 4. The second-order valence-corrected chi connectivity index (χ2v) is 7.85. The van der Waals surface area contributed by atoms with Gasteiger partial charge in [-0.2, -0.15) is 18.2 Å². The summed E-state index contributed by atoms with van der Waals surface area (Å²) in [5.41, 5.74) is -0.595. The highest BCUT2D eigenvalue weighted by Crippen LogP contribution is 2.36. The Morgan fingerprint density at radius 1 is 0.917 bits per heavy atom. The number of aromatic hydroxyl groups is 1. The van der Waals surface area contributed by atoms with Crippen molar-refractivity contribution in [3.8, 4) is 34.7 Å². The van der Waals surface area contributed by atoms with Gasteiger partial charge in [-0.1, -0.05) is 18.2 Å². The molecule has 4 heterocycles. The van der Waals surface area contributed by atoms with Gasteiger partial charge in [0.25, 0.3) is 17.3 Å². The van der Waals surface area contributed by atoms with Crippen LogP contribution in [0.5, 0.6) is 5.75 Å². The van der Waals surface area contributed by atoms with Crippen molar-refractivity contribution in [2.45, 2.75) is 6.18 Å². The minimum Gasteiger partial charge on any atom is -0.508 e. The fraction of sp³-hybridized carbons (Fsp3) is 0.0400. The molecule has 0 aliphatic rings. The average molecular weight is 490 g/mol. The molecule has 11 heteroatoms. The number of alkyl halides is 3. The monoisotopic (exact) mass is 490 g/mol. The summed E-state index contributed by atoms with van der Waals surface area (Å²) in [4.78, 5) is 26.0. The molecule has 4 aromatic heterocycles. The molecule has 0 unspecified atom stereocenters. The van der Waals surface area contributed by atoms with Gasteiger partial charge in [0.05, 0.1) is 5.56 Å². The van der Waals surface area contributed by atoms with Gasteiger partial charge in [0.15, 0.2) is 17.2 Å². The highest BCUT2D eigenvalue weighted by Gasteiger charge is 2.31. The molecule has 8 nitrogen and oxygen atoms in total. The van der Waals surface area contributed by atoms with Crippen LogP contribution in [0.15, 0.2) is 86.7 Å². The second kappa shape index (κ2) is 7.80. The summed E-state index contributed by atoms with van der Waals surface area (Å²) in [6.07, 6.45) is -1.69. The van der Waals surface area contributed by atoms with Crippen molar-refractivity contribution < 1.29 is 27.1 Å². The quantitative estimate of drug-likeness (QED) is 0.345. The van der Waals surface area contributed by atoms with Gasteiger partial charge in [-0.25, -0.2) is 4.98 Å². The summed E-state index contributed by atoms with van der Waals surface area (Å²) in [5, 5.41) is 10.3. The van der Waals surface area contributed by atoms with Gasteiger partial charge in [0.2, 0.25) is 0 Å². The van der Waals surface area contributed by atoms with Gasteiger partial charge < -0.3 is 13.9 Å². The lowest BCUT2D eigenvalue weighted by Gasteiger charge is -2.09. The number of oxazole rings is 2. The first-order valence-electron chi connectivity index (χ1n) is 10.5. The Labute approximate surface area is 198 Å². The van der Waals surface area contributed by atoms with E-state index in [-0.39, 0.29) is 40.2 Å². The molecule has 2 aromatic carbocycles. The number of benzene rings is 2. The number of hydrogen-bond donors (Lipinski definition) is 1. The van der Waals surface area contributed by atoms with E-state index >= 15 is 0 Å². The summed E-state index contributed by atoms with van der Waals surface area (Å²) < 4.78 is 52.9. The molecule has 6 aromatic rings. The Morgan fingerprint density at radius 3 is 2.58 bits per heavy atom. The van der Waals surface area contributed by atoms with Crippen molar-refractivity contribution in [2.24, 2.45) is 0 Å². The molecule has 0 spiro atoms. The number of fused-ring (bicyclic) bond motifs is 2. The average Bonchev–Trinajstić information content (AvgIpc) is 3.48. The van der Waals surface area contributed by atoms with Crippen LogP contribution in [0.3, 0.4) is 0 Å². The second-order valence-electron chi connectivity index (χ2n) is 7.85. The molecule has 0 bridgehead atoms. The maximum atomic E-state index is 13.4. The van der Waals surface area contributed by atoms with Crippen LogP contribution in [0.4, 0.5) is 13.2 Å². The number of pyridine rings is 2. The molecule has 0 radical (unpaired) electrons. The standard InChI is InChI=1S/C25H13F3N4O4/c26-25(27,28)15-5-1-3-14(11-15)20-21(32-10-8-13-4-2-9-29-19(13)24(32)34)31-23(36-20)22-30-17-12-16(33)6-7-18(17)35-22/h1-12,33H. The molecule has 6 rings (SSSR count). The highest BCUT2D eigenvalue weighted by molar-refractivity contribution is 5.79. The van der Waals surface area contributed by atoms with Gasteiger partial charge in [-0.15, -0.1) is 0 Å². The lowest BCUT2D eigenvalue weighted by Crippen LogP contribution is -2.19. The molecule has 1 N–H and O–H groups in total. The first-order chi connectivity index (χ1) is 17.3. The predicted octanol–water partition coefficient (Wildman–Crippen LogP) is 5.57. The lowest BCUT2D eigenvalue weighted by atomic mass is 10.1. The summed E-state index contributed by atoms with van der Waals surface area (Å²) >= 11 is 0. The maximum Gasteiger partial charge on any atom is 0.416 e. The molecule has 36 heavy (non-hydrogen) atoms. The van der Waals surface area contributed by atoms with E-state index in [1.165, 1.54) is 42.7 Å². The molecule has 0 saturated heterocycles. The van der Waals surface area contributed by atoms with Crippen LogP contribution in [0.2, 0.25) is 0 Å². The summed E-state index contributed by atoms with van der Waals surface area (Å²) in [6, 6.07) is 13.8. The Morgan fingerprint density at radius 2 is 1.75 bits per heavy atom. The minimum absolute atomic E-state index is 0.0321. The molecule has 178 valence electrons. The lowest BCUT2D eigenvalue weighted by molar-refractivity contribution is -0.137. The van der Waals surface area contributed by atoms with E-state index in [2.05, 4.69) is 15.0 Å². The van der Waals surface area contributed by atoms with E-state index in [1.807, 2.05) is 0 Å². The molecule has 0 aliphatic heterocycles. The van der Waals surface area contributed by atoms with Crippen LogP contribution in [0.25, 0.3) is 50.9 Å². The maximum absolute atomic E-state index is 13.4. The minimum atomic E-state index is -4.59. The van der Waals surface area contributed by atoms with Crippen LogP contribution < -0.4 is 5.56 Å². The predicted molar refractivity (Wildman–Crippen MR) is 123 cm³/mol. The van der Waals surface area contributed by atoms with Crippen LogP contribution >= 0.6 is 0 Å². The summed E-state index contributed by atoms with van der Waals surface area (Å²) in [6.45, 7) is 0. The van der Waals surface area contributed by atoms with Crippen molar-refractivity contribution in [3.63, 3.8) is 0 Å². The molecular weight excluding hydrogens is 477 g/mol. The third-order valence-electron chi connectivity index (χ3n) is 5.51. The fourth-order valence-corrected chi connectivity index (χ4v) is 3.83. The molecule has 0 atom stereocenters. The first kappa shape index (κ1) is 21.6. The molecule has 0 fully saturated rings. The zero-order valence-electron chi connectivity index (χ0n) is 18.0. The van der Waals surface area contributed by atoms with Gasteiger partial charge in [0.1, 0.15) is 16.8 Å². The topological polar surface area (TPSA) is 107 Å². The Kier molecular flexibility index (Phi) is 4.68. The van der Waals surface area contributed by atoms with Crippen LogP contribution in [0, 0.1) is 0 Å². The largest absolute Gasteiger partial charge is 0.508 e. The molecular formula is C25H13F3N4O4. The van der Waals surface area contributed by atoms with Gasteiger partial charge >= 0.3 is 6.18 Å². The Bertz CT molecular complexity index is 1840. The molecule has 0 saturated carbocycles. The van der Waals surface area contributed by atoms with Crippen LogP contribution in [0.1, 0.15) is 5.56 Å². The number of nitrogens with zero attached hydrogens (tertiary/aromatic N) is 4. The van der Waals surface area contributed by atoms with Gasteiger partial charge in [-0.3, -0.25) is 14.3 Å². The number of halogens is 3. The smallest absolute Gasteiger partial charge is 0.416 e. The SMILES string of the molecule is O=c1c2ncccc2ccn1-c1nc(-c2nc3cc(O)ccc3o2)oc1-c1cccc(C(F)(F)F)c1. The molecule has 0 aliphatic carbocycles. The van der Waals surface area contributed by atoms with Crippen LogP contribution in [-0.2, 0) is 6.18 Å². The third kappa shape index (κ3) is 3.57. The zero-order chi connectivity index (χ0) is 25.0. The Hall–Kier alpha value is -4.93. The van der Waals surface area contributed by atoms with Crippen molar-refractivity contribution in [3.05, 3.63) is 89.0 Å². The highest BCUT2D eigenvalue weighted by atomic mass is 19.4.